The van der Waals surface area contributed by atoms with Crippen LogP contribution in [-0.2, 0) is 4.74 Å². The smallest absolute Gasteiger partial charge is 0.270 e. The highest BCUT2D eigenvalue weighted by molar-refractivity contribution is 5.92. The van der Waals surface area contributed by atoms with Crippen molar-refractivity contribution in [3.63, 3.8) is 0 Å². The number of carbonyl (C=O) groups is 1. The molecular formula is C19H25N5O2. The third kappa shape index (κ3) is 3.62. The molecule has 7 nitrogen and oxygen atoms in total. The molecule has 4 atom stereocenters. The van der Waals surface area contributed by atoms with Crippen LogP contribution in [0.2, 0.25) is 0 Å². The summed E-state index contributed by atoms with van der Waals surface area (Å²) >= 11 is 0. The second kappa shape index (κ2) is 7.53. The molecule has 0 saturated heterocycles. The number of hydrogen-bond acceptors (Lipinski definition) is 5. The Kier molecular flexibility index (Phi) is 4.97. The van der Waals surface area contributed by atoms with Gasteiger partial charge in [-0.3, -0.25) is 4.79 Å². The van der Waals surface area contributed by atoms with Crippen LogP contribution >= 0.6 is 0 Å². The topological polar surface area (TPSA) is 81.9 Å². The Morgan fingerprint density at radius 1 is 1.27 bits per heavy atom. The number of hydrogen-bond donors (Lipinski definition) is 1. The van der Waals surface area contributed by atoms with Gasteiger partial charge in [0.1, 0.15) is 12.0 Å². The van der Waals surface area contributed by atoms with Crippen LogP contribution in [0.5, 0.6) is 0 Å². The van der Waals surface area contributed by atoms with E-state index in [1.165, 1.54) is 12.7 Å². The first-order valence-electron chi connectivity index (χ1n) is 9.40. The number of carbonyl (C=O) groups excluding carboxylic acids is 1. The Labute approximate surface area is 153 Å². The van der Waals surface area contributed by atoms with Crippen LogP contribution in [0.25, 0.3) is 0 Å². The summed E-state index contributed by atoms with van der Waals surface area (Å²) in [6, 6.07) is 1.65. The van der Waals surface area contributed by atoms with Crippen LogP contribution in [0, 0.1) is 5.92 Å². The quantitative estimate of drug-likeness (QED) is 0.890. The molecule has 2 aromatic rings. The Morgan fingerprint density at radius 2 is 2.15 bits per heavy atom. The SMILES string of the molecule is C[C@@H]1C[C@@H](n2ccnc2)[C@@H](NC(=O)c2ccncn2)[C@H](OC2CCC2)C1. The average Bonchev–Trinajstić information content (AvgIpc) is 3.15. The molecule has 0 spiro atoms. The summed E-state index contributed by atoms with van der Waals surface area (Å²) in [5.74, 6) is 0.346. The maximum atomic E-state index is 12.7. The van der Waals surface area contributed by atoms with E-state index in [0.29, 0.717) is 17.7 Å². The number of rotatable bonds is 5. The maximum Gasteiger partial charge on any atom is 0.270 e. The summed E-state index contributed by atoms with van der Waals surface area (Å²) in [5, 5.41) is 3.19. The summed E-state index contributed by atoms with van der Waals surface area (Å²) in [7, 11) is 0. The zero-order valence-electron chi connectivity index (χ0n) is 15.0. The molecule has 4 rings (SSSR count). The monoisotopic (exact) mass is 355 g/mol. The number of imidazole rings is 1. The van der Waals surface area contributed by atoms with Crippen LogP contribution in [0.3, 0.4) is 0 Å². The highest BCUT2D eigenvalue weighted by atomic mass is 16.5. The van der Waals surface area contributed by atoms with E-state index in [1.54, 1.807) is 18.5 Å². The van der Waals surface area contributed by atoms with E-state index < -0.39 is 0 Å². The van der Waals surface area contributed by atoms with E-state index in [4.69, 9.17) is 4.74 Å². The lowest BCUT2D eigenvalue weighted by atomic mass is 9.80. The summed E-state index contributed by atoms with van der Waals surface area (Å²) in [6.07, 6.45) is 14.3. The molecule has 2 saturated carbocycles. The van der Waals surface area contributed by atoms with Gasteiger partial charge in [-0.2, -0.15) is 0 Å². The normalized spacial score (nSPS) is 29.1. The molecule has 0 aromatic carbocycles. The van der Waals surface area contributed by atoms with Crippen LogP contribution in [0.4, 0.5) is 0 Å². The molecule has 0 bridgehead atoms. The van der Waals surface area contributed by atoms with Crippen LogP contribution in [-0.4, -0.2) is 43.7 Å². The molecule has 1 amide bonds. The number of nitrogens with one attached hydrogen (secondary N) is 1. The van der Waals surface area contributed by atoms with Gasteiger partial charge in [0.15, 0.2) is 0 Å². The Bertz CT molecular complexity index is 717. The van der Waals surface area contributed by atoms with Crippen LogP contribution in [0.15, 0.2) is 37.3 Å². The summed E-state index contributed by atoms with van der Waals surface area (Å²) in [4.78, 5) is 24.9. The fourth-order valence-electron chi connectivity index (χ4n) is 3.95. The molecule has 0 aliphatic heterocycles. The van der Waals surface area contributed by atoms with Gasteiger partial charge in [0.05, 0.1) is 30.6 Å². The molecule has 138 valence electrons. The summed E-state index contributed by atoms with van der Waals surface area (Å²) in [6.45, 7) is 2.25. The van der Waals surface area contributed by atoms with E-state index in [0.717, 1.165) is 25.7 Å². The minimum Gasteiger partial charge on any atom is -0.373 e. The van der Waals surface area contributed by atoms with Gasteiger partial charge in [-0.05, 0) is 44.1 Å². The molecule has 0 unspecified atom stereocenters. The van der Waals surface area contributed by atoms with Crippen molar-refractivity contribution < 1.29 is 9.53 Å². The molecule has 2 aliphatic carbocycles. The van der Waals surface area contributed by atoms with Gasteiger partial charge < -0.3 is 14.6 Å². The van der Waals surface area contributed by atoms with Gasteiger partial charge >= 0.3 is 0 Å². The lowest BCUT2D eigenvalue weighted by molar-refractivity contribution is -0.0933. The molecule has 1 N–H and O–H groups in total. The highest BCUT2D eigenvalue weighted by Crippen LogP contribution is 2.37. The zero-order chi connectivity index (χ0) is 17.9. The van der Waals surface area contributed by atoms with Crippen molar-refractivity contribution in [2.45, 2.75) is 63.3 Å². The largest absolute Gasteiger partial charge is 0.373 e. The molecule has 26 heavy (non-hydrogen) atoms. The lowest BCUT2D eigenvalue weighted by Gasteiger charge is -2.44. The van der Waals surface area contributed by atoms with Gasteiger partial charge in [0.2, 0.25) is 0 Å². The van der Waals surface area contributed by atoms with E-state index in [9.17, 15) is 4.79 Å². The standard InChI is InChI=1S/C19H25N5O2/c1-13-9-16(24-8-7-21-12-24)18(17(10-13)26-14-3-2-4-14)23-19(25)15-5-6-20-11-22-15/h5-8,11-14,16-18H,2-4,9-10H2,1H3,(H,23,25)/t13-,16-,17-,18-/m1/s1. The first-order valence-corrected chi connectivity index (χ1v) is 9.40. The van der Waals surface area contributed by atoms with E-state index in [-0.39, 0.29) is 24.1 Å². The van der Waals surface area contributed by atoms with Crippen molar-refractivity contribution >= 4 is 5.91 Å². The van der Waals surface area contributed by atoms with Crippen molar-refractivity contribution in [1.29, 1.82) is 0 Å². The maximum absolute atomic E-state index is 12.7. The molecule has 2 aromatic heterocycles. The van der Waals surface area contributed by atoms with Gasteiger partial charge in [-0.25, -0.2) is 15.0 Å². The minimum atomic E-state index is -0.181. The Morgan fingerprint density at radius 3 is 2.81 bits per heavy atom. The average molecular weight is 355 g/mol. The van der Waals surface area contributed by atoms with E-state index >= 15 is 0 Å². The van der Waals surface area contributed by atoms with E-state index in [1.807, 2.05) is 12.5 Å². The van der Waals surface area contributed by atoms with Crippen molar-refractivity contribution in [3.8, 4) is 0 Å². The highest BCUT2D eigenvalue weighted by Gasteiger charge is 2.40. The number of amides is 1. The first-order chi connectivity index (χ1) is 12.7. The minimum absolute atomic E-state index is 0.00207. The molecule has 2 aliphatic rings. The number of aromatic nitrogens is 4. The first kappa shape index (κ1) is 17.1. The van der Waals surface area contributed by atoms with Gasteiger partial charge in [-0.1, -0.05) is 6.92 Å². The lowest BCUT2D eigenvalue weighted by Crippen LogP contribution is -2.54. The van der Waals surface area contributed by atoms with Gasteiger partial charge in [-0.15, -0.1) is 0 Å². The number of nitrogens with zero attached hydrogens (tertiary/aromatic N) is 4. The Balaban J connectivity index is 1.58. The van der Waals surface area contributed by atoms with Crippen molar-refractivity contribution in [2.75, 3.05) is 0 Å². The zero-order valence-corrected chi connectivity index (χ0v) is 15.0. The summed E-state index contributed by atoms with van der Waals surface area (Å²) < 4.78 is 8.49. The fraction of sp³-hybridized carbons (Fsp3) is 0.579. The molecule has 7 heteroatoms. The third-order valence-corrected chi connectivity index (χ3v) is 5.53. The van der Waals surface area contributed by atoms with Crippen molar-refractivity contribution in [1.82, 2.24) is 24.8 Å². The van der Waals surface area contributed by atoms with E-state index in [2.05, 4.69) is 31.8 Å². The predicted octanol–water partition coefficient (Wildman–Crippen LogP) is 2.38. The van der Waals surface area contributed by atoms with Crippen LogP contribution in [0.1, 0.15) is 55.6 Å². The molecule has 2 heterocycles. The molecular weight excluding hydrogens is 330 g/mol. The fourth-order valence-corrected chi connectivity index (χ4v) is 3.95. The van der Waals surface area contributed by atoms with Crippen LogP contribution < -0.4 is 5.32 Å². The number of ether oxygens (including phenoxy) is 1. The predicted molar refractivity (Wildman–Crippen MR) is 95.5 cm³/mol. The second-order valence-corrected chi connectivity index (χ2v) is 7.48. The molecule has 0 radical (unpaired) electrons. The van der Waals surface area contributed by atoms with Gasteiger partial charge in [0.25, 0.3) is 5.91 Å². The third-order valence-electron chi connectivity index (χ3n) is 5.53. The van der Waals surface area contributed by atoms with Crippen molar-refractivity contribution in [3.05, 3.63) is 43.0 Å². The van der Waals surface area contributed by atoms with Gasteiger partial charge in [0, 0.05) is 18.6 Å². The van der Waals surface area contributed by atoms with Crippen molar-refractivity contribution in [2.24, 2.45) is 5.92 Å². The Hall–Kier alpha value is -2.28. The molecule has 2 fully saturated rings. The second-order valence-electron chi connectivity index (χ2n) is 7.48. The summed E-state index contributed by atoms with van der Waals surface area (Å²) in [5.41, 5.74) is 0.380.